The van der Waals surface area contributed by atoms with Crippen LogP contribution in [0, 0.1) is 0 Å². The second-order valence-electron chi connectivity index (χ2n) is 3.02. The molecule has 1 atom stereocenters. The molecule has 2 rings (SSSR count). The minimum Gasteiger partial charge on any atom is -0.490 e. The van der Waals surface area contributed by atoms with E-state index in [1.54, 1.807) is 11.3 Å². The van der Waals surface area contributed by atoms with Gasteiger partial charge in [0.2, 0.25) is 0 Å². The van der Waals surface area contributed by atoms with Crippen molar-refractivity contribution < 1.29 is 9.53 Å². The van der Waals surface area contributed by atoms with E-state index in [1.807, 2.05) is 6.07 Å². The Bertz CT molecular complexity index is 303. The van der Waals surface area contributed by atoms with Crippen LogP contribution in [0.5, 0.6) is 5.75 Å². The SMILES string of the molecule is C[C@@H]1CCc2sc(C=O)cc2O1. The average molecular weight is 182 g/mol. The highest BCUT2D eigenvalue weighted by atomic mass is 32.1. The Morgan fingerprint density at radius 2 is 2.58 bits per heavy atom. The van der Waals surface area contributed by atoms with E-state index in [9.17, 15) is 4.79 Å². The van der Waals surface area contributed by atoms with E-state index < -0.39 is 0 Å². The molecular formula is C9H10O2S. The molecule has 1 aromatic rings. The summed E-state index contributed by atoms with van der Waals surface area (Å²) in [5, 5.41) is 0. The quantitative estimate of drug-likeness (QED) is 0.623. The second-order valence-corrected chi connectivity index (χ2v) is 4.19. The van der Waals surface area contributed by atoms with Crippen molar-refractivity contribution in [2.24, 2.45) is 0 Å². The Morgan fingerprint density at radius 3 is 3.33 bits per heavy atom. The number of rotatable bonds is 1. The zero-order valence-corrected chi connectivity index (χ0v) is 7.69. The molecular weight excluding hydrogens is 172 g/mol. The molecule has 0 spiro atoms. The van der Waals surface area contributed by atoms with Gasteiger partial charge in [0.15, 0.2) is 6.29 Å². The molecule has 12 heavy (non-hydrogen) atoms. The molecule has 2 nitrogen and oxygen atoms in total. The molecule has 1 aliphatic rings. The number of carbonyl (C=O) groups is 1. The van der Waals surface area contributed by atoms with Crippen molar-refractivity contribution in [1.82, 2.24) is 0 Å². The first-order valence-corrected chi connectivity index (χ1v) is 4.86. The normalized spacial score (nSPS) is 21.2. The summed E-state index contributed by atoms with van der Waals surface area (Å²) in [5.74, 6) is 0.917. The highest BCUT2D eigenvalue weighted by Crippen LogP contribution is 2.34. The standard InChI is InChI=1S/C9H10O2S/c1-6-2-3-9-8(11-6)4-7(5-10)12-9/h4-6H,2-3H2,1H3/t6-/m1/s1. The maximum Gasteiger partial charge on any atom is 0.160 e. The van der Waals surface area contributed by atoms with Crippen LogP contribution in [0.4, 0.5) is 0 Å². The van der Waals surface area contributed by atoms with E-state index in [-0.39, 0.29) is 0 Å². The van der Waals surface area contributed by atoms with Gasteiger partial charge in [-0.2, -0.15) is 0 Å². The topological polar surface area (TPSA) is 26.3 Å². The largest absolute Gasteiger partial charge is 0.490 e. The number of hydrogen-bond donors (Lipinski definition) is 0. The maximum absolute atomic E-state index is 10.5. The van der Waals surface area contributed by atoms with Gasteiger partial charge < -0.3 is 4.74 Å². The van der Waals surface area contributed by atoms with E-state index >= 15 is 0 Å². The van der Waals surface area contributed by atoms with Crippen LogP contribution in [0.25, 0.3) is 0 Å². The van der Waals surface area contributed by atoms with E-state index in [4.69, 9.17) is 4.74 Å². The van der Waals surface area contributed by atoms with Crippen LogP contribution in [-0.2, 0) is 6.42 Å². The van der Waals surface area contributed by atoms with E-state index in [1.165, 1.54) is 4.88 Å². The molecule has 0 saturated heterocycles. The molecule has 0 bridgehead atoms. The van der Waals surface area contributed by atoms with Crippen molar-refractivity contribution in [3.63, 3.8) is 0 Å². The van der Waals surface area contributed by atoms with Crippen LogP contribution >= 0.6 is 11.3 Å². The van der Waals surface area contributed by atoms with Gasteiger partial charge >= 0.3 is 0 Å². The summed E-state index contributed by atoms with van der Waals surface area (Å²) in [6, 6.07) is 1.84. The molecule has 0 N–H and O–H groups in total. The van der Waals surface area contributed by atoms with Crippen molar-refractivity contribution in [2.45, 2.75) is 25.9 Å². The first kappa shape index (κ1) is 7.80. The van der Waals surface area contributed by atoms with E-state index in [0.717, 1.165) is 29.8 Å². The fraction of sp³-hybridized carbons (Fsp3) is 0.444. The van der Waals surface area contributed by atoms with Gasteiger partial charge in [-0.15, -0.1) is 11.3 Å². The average Bonchev–Trinajstić information content (AvgIpc) is 2.46. The third-order valence-electron chi connectivity index (χ3n) is 2.01. The van der Waals surface area contributed by atoms with Crippen molar-refractivity contribution in [3.05, 3.63) is 15.8 Å². The van der Waals surface area contributed by atoms with Gasteiger partial charge in [-0.1, -0.05) is 0 Å². The zero-order valence-electron chi connectivity index (χ0n) is 6.87. The zero-order chi connectivity index (χ0) is 8.55. The molecule has 3 heteroatoms. The predicted molar refractivity (Wildman–Crippen MR) is 48.1 cm³/mol. The van der Waals surface area contributed by atoms with Gasteiger partial charge in [0.1, 0.15) is 5.75 Å². The Balaban J connectivity index is 2.34. The number of aryl methyl sites for hydroxylation is 1. The van der Waals surface area contributed by atoms with Crippen LogP contribution in [0.3, 0.4) is 0 Å². The molecule has 1 aromatic heterocycles. The van der Waals surface area contributed by atoms with Crippen LogP contribution in [0.2, 0.25) is 0 Å². The summed E-state index contributed by atoms with van der Waals surface area (Å²) < 4.78 is 5.57. The van der Waals surface area contributed by atoms with Crippen LogP contribution in [0.1, 0.15) is 27.9 Å². The van der Waals surface area contributed by atoms with Crippen LogP contribution in [0.15, 0.2) is 6.07 Å². The number of carbonyl (C=O) groups excluding carboxylic acids is 1. The monoisotopic (exact) mass is 182 g/mol. The Morgan fingerprint density at radius 1 is 1.75 bits per heavy atom. The number of hydrogen-bond acceptors (Lipinski definition) is 3. The summed E-state index contributed by atoms with van der Waals surface area (Å²) in [4.78, 5) is 12.5. The van der Waals surface area contributed by atoms with E-state index in [0.29, 0.717) is 6.10 Å². The summed E-state index contributed by atoms with van der Waals surface area (Å²) in [7, 11) is 0. The number of fused-ring (bicyclic) bond motifs is 1. The number of ether oxygens (including phenoxy) is 1. The molecule has 64 valence electrons. The molecule has 0 radical (unpaired) electrons. The Labute approximate surface area is 75.2 Å². The van der Waals surface area contributed by atoms with Gasteiger partial charge in [0, 0.05) is 10.9 Å². The second kappa shape index (κ2) is 2.90. The molecule has 0 aliphatic carbocycles. The smallest absolute Gasteiger partial charge is 0.160 e. The summed E-state index contributed by atoms with van der Waals surface area (Å²) in [5.41, 5.74) is 0. The number of aldehydes is 1. The lowest BCUT2D eigenvalue weighted by Gasteiger charge is -2.19. The lowest BCUT2D eigenvalue weighted by atomic mass is 10.1. The minimum atomic E-state index is 0.298. The lowest BCUT2D eigenvalue weighted by molar-refractivity contribution is 0.112. The van der Waals surface area contributed by atoms with E-state index in [2.05, 4.69) is 6.92 Å². The molecule has 0 fully saturated rings. The highest BCUT2D eigenvalue weighted by Gasteiger charge is 2.18. The van der Waals surface area contributed by atoms with Gasteiger partial charge in [0.05, 0.1) is 11.0 Å². The van der Waals surface area contributed by atoms with Gasteiger partial charge in [0.25, 0.3) is 0 Å². The van der Waals surface area contributed by atoms with Crippen molar-refractivity contribution >= 4 is 17.6 Å². The van der Waals surface area contributed by atoms with Crippen molar-refractivity contribution in [3.8, 4) is 5.75 Å². The first-order chi connectivity index (χ1) is 5.79. The predicted octanol–water partition coefficient (Wildman–Crippen LogP) is 2.27. The lowest BCUT2D eigenvalue weighted by Crippen LogP contribution is -2.17. The van der Waals surface area contributed by atoms with Gasteiger partial charge in [-0.05, 0) is 19.8 Å². The van der Waals surface area contributed by atoms with Crippen LogP contribution < -0.4 is 4.74 Å². The molecule has 0 saturated carbocycles. The first-order valence-electron chi connectivity index (χ1n) is 4.04. The summed E-state index contributed by atoms with van der Waals surface area (Å²) >= 11 is 1.54. The molecule has 0 aromatic carbocycles. The summed E-state index contributed by atoms with van der Waals surface area (Å²) in [6.45, 7) is 2.06. The van der Waals surface area contributed by atoms with Gasteiger partial charge in [-0.25, -0.2) is 0 Å². The fourth-order valence-corrected chi connectivity index (χ4v) is 2.30. The minimum absolute atomic E-state index is 0.298. The van der Waals surface area contributed by atoms with Crippen molar-refractivity contribution in [1.29, 1.82) is 0 Å². The Hall–Kier alpha value is -0.830. The molecule has 0 unspecified atom stereocenters. The fourth-order valence-electron chi connectivity index (χ4n) is 1.37. The highest BCUT2D eigenvalue weighted by molar-refractivity contribution is 7.14. The third kappa shape index (κ3) is 1.25. The third-order valence-corrected chi connectivity index (χ3v) is 3.11. The molecule has 0 amide bonds. The number of thiophene rings is 1. The summed E-state index contributed by atoms with van der Waals surface area (Å²) in [6.07, 6.45) is 3.30. The van der Waals surface area contributed by atoms with Crippen LogP contribution in [-0.4, -0.2) is 12.4 Å². The van der Waals surface area contributed by atoms with Gasteiger partial charge in [-0.3, -0.25) is 4.79 Å². The molecule has 2 heterocycles. The maximum atomic E-state index is 10.5. The Kier molecular flexibility index (Phi) is 1.89. The van der Waals surface area contributed by atoms with Crippen molar-refractivity contribution in [2.75, 3.05) is 0 Å². The molecule has 1 aliphatic heterocycles.